The minimum Gasteiger partial charge on any atom is -0.350 e. The van der Waals surface area contributed by atoms with Gasteiger partial charge in [0.15, 0.2) is 0 Å². The van der Waals surface area contributed by atoms with E-state index in [1.54, 1.807) is 0 Å². The molecule has 0 radical (unpaired) electrons. The van der Waals surface area contributed by atoms with Gasteiger partial charge >= 0.3 is 0 Å². The number of nitriles is 1. The molecule has 2 aromatic rings. The molecule has 1 unspecified atom stereocenters. The summed E-state index contributed by atoms with van der Waals surface area (Å²) in [5.41, 5.74) is 1.89. The van der Waals surface area contributed by atoms with Crippen LogP contribution < -0.4 is 10.6 Å². The highest BCUT2D eigenvalue weighted by molar-refractivity contribution is 5.83. The van der Waals surface area contributed by atoms with Crippen molar-refractivity contribution in [1.29, 1.82) is 5.26 Å². The smallest absolute Gasteiger partial charge is 0.242 e. The molecule has 0 saturated heterocycles. The maximum Gasteiger partial charge on any atom is 0.242 e. The standard InChI is InChI=1S/C17H17N3O/c18-11-12-19-16(15-9-5-2-6-10-15)17(21)20-13-14-7-3-1-4-8-14/h1-10,16,19H,12-13H2,(H,20,21). The summed E-state index contributed by atoms with van der Waals surface area (Å²) >= 11 is 0. The van der Waals surface area contributed by atoms with Crippen molar-refractivity contribution < 1.29 is 4.79 Å². The van der Waals surface area contributed by atoms with Crippen LogP contribution >= 0.6 is 0 Å². The molecule has 2 aromatic carbocycles. The molecule has 0 saturated carbocycles. The minimum absolute atomic E-state index is 0.123. The van der Waals surface area contributed by atoms with E-state index in [1.165, 1.54) is 0 Å². The Morgan fingerprint density at radius 2 is 1.67 bits per heavy atom. The first-order valence-corrected chi connectivity index (χ1v) is 6.78. The van der Waals surface area contributed by atoms with E-state index in [1.807, 2.05) is 66.7 Å². The predicted octanol–water partition coefficient (Wildman–Crippen LogP) is 2.16. The first-order chi connectivity index (χ1) is 10.3. The summed E-state index contributed by atoms with van der Waals surface area (Å²) in [5, 5.41) is 14.6. The predicted molar refractivity (Wildman–Crippen MR) is 81.1 cm³/mol. The lowest BCUT2D eigenvalue weighted by Crippen LogP contribution is -2.37. The Kier molecular flexibility index (Phi) is 5.50. The van der Waals surface area contributed by atoms with Gasteiger partial charge in [0, 0.05) is 6.54 Å². The molecule has 2 rings (SSSR count). The molecule has 106 valence electrons. The number of nitrogens with zero attached hydrogens (tertiary/aromatic N) is 1. The van der Waals surface area contributed by atoms with Crippen LogP contribution in [0.4, 0.5) is 0 Å². The number of hydrogen-bond donors (Lipinski definition) is 2. The van der Waals surface area contributed by atoms with Crippen molar-refractivity contribution in [1.82, 2.24) is 10.6 Å². The highest BCUT2D eigenvalue weighted by Gasteiger charge is 2.19. The monoisotopic (exact) mass is 279 g/mol. The van der Waals surface area contributed by atoms with Gasteiger partial charge in [0.2, 0.25) is 5.91 Å². The molecule has 4 heteroatoms. The van der Waals surface area contributed by atoms with Gasteiger partial charge in [0.05, 0.1) is 12.6 Å². The zero-order chi connectivity index (χ0) is 14.9. The molecule has 1 amide bonds. The largest absolute Gasteiger partial charge is 0.350 e. The van der Waals surface area contributed by atoms with Gasteiger partial charge in [-0.25, -0.2) is 0 Å². The lowest BCUT2D eigenvalue weighted by atomic mass is 10.1. The maximum atomic E-state index is 12.3. The Morgan fingerprint density at radius 1 is 1.05 bits per heavy atom. The fourth-order valence-corrected chi connectivity index (χ4v) is 2.04. The van der Waals surface area contributed by atoms with Crippen molar-refractivity contribution in [3.63, 3.8) is 0 Å². The summed E-state index contributed by atoms with van der Waals surface area (Å²) in [6.45, 7) is 0.593. The zero-order valence-electron chi connectivity index (χ0n) is 11.6. The number of rotatable bonds is 6. The molecular formula is C17H17N3O. The maximum absolute atomic E-state index is 12.3. The third kappa shape index (κ3) is 4.44. The van der Waals surface area contributed by atoms with Gasteiger partial charge in [0.25, 0.3) is 0 Å². The van der Waals surface area contributed by atoms with E-state index >= 15 is 0 Å². The van der Waals surface area contributed by atoms with Crippen molar-refractivity contribution in [3.05, 3.63) is 71.8 Å². The molecule has 0 aliphatic heterocycles. The fraction of sp³-hybridized carbons (Fsp3) is 0.176. The second-order valence-electron chi connectivity index (χ2n) is 4.59. The summed E-state index contributed by atoms with van der Waals surface area (Å²) in [7, 11) is 0. The first-order valence-electron chi connectivity index (χ1n) is 6.78. The molecule has 0 spiro atoms. The molecular weight excluding hydrogens is 262 g/mol. The number of nitrogens with one attached hydrogen (secondary N) is 2. The fourth-order valence-electron chi connectivity index (χ4n) is 2.04. The second kappa shape index (κ2) is 7.83. The topological polar surface area (TPSA) is 64.9 Å². The van der Waals surface area contributed by atoms with E-state index in [2.05, 4.69) is 10.6 Å². The van der Waals surface area contributed by atoms with Crippen LogP contribution in [-0.4, -0.2) is 12.5 Å². The average molecular weight is 279 g/mol. The van der Waals surface area contributed by atoms with Crippen molar-refractivity contribution >= 4 is 5.91 Å². The lowest BCUT2D eigenvalue weighted by molar-refractivity contribution is -0.123. The number of amides is 1. The highest BCUT2D eigenvalue weighted by atomic mass is 16.2. The van der Waals surface area contributed by atoms with Gasteiger partial charge in [-0.05, 0) is 11.1 Å². The van der Waals surface area contributed by atoms with Crippen molar-refractivity contribution in [3.8, 4) is 6.07 Å². The van der Waals surface area contributed by atoms with Crippen molar-refractivity contribution in [2.24, 2.45) is 0 Å². The molecule has 0 heterocycles. The van der Waals surface area contributed by atoms with Crippen LogP contribution in [0.3, 0.4) is 0 Å². The normalized spacial score (nSPS) is 11.4. The molecule has 2 N–H and O–H groups in total. The average Bonchev–Trinajstić information content (AvgIpc) is 2.55. The molecule has 21 heavy (non-hydrogen) atoms. The quantitative estimate of drug-likeness (QED) is 0.796. The molecule has 0 aliphatic carbocycles. The third-order valence-corrected chi connectivity index (χ3v) is 3.09. The summed E-state index contributed by atoms with van der Waals surface area (Å²) in [6.07, 6.45) is 0. The number of carbonyl (C=O) groups excluding carboxylic acids is 1. The number of carbonyl (C=O) groups is 1. The van der Waals surface area contributed by atoms with Crippen LogP contribution in [0.25, 0.3) is 0 Å². The molecule has 0 aromatic heterocycles. The van der Waals surface area contributed by atoms with Crippen molar-refractivity contribution in [2.75, 3.05) is 6.54 Å². The van der Waals surface area contributed by atoms with Crippen LogP contribution in [0.1, 0.15) is 17.2 Å². The van der Waals surface area contributed by atoms with Gasteiger partial charge in [-0.2, -0.15) is 5.26 Å². The summed E-state index contributed by atoms with van der Waals surface area (Å²) < 4.78 is 0. The molecule has 0 bridgehead atoms. The molecule has 0 fully saturated rings. The van der Waals surface area contributed by atoms with Crippen LogP contribution in [0, 0.1) is 11.3 Å². The third-order valence-electron chi connectivity index (χ3n) is 3.09. The Labute approximate surface area is 124 Å². The van der Waals surface area contributed by atoms with E-state index in [0.717, 1.165) is 11.1 Å². The van der Waals surface area contributed by atoms with Crippen molar-refractivity contribution in [2.45, 2.75) is 12.6 Å². The van der Waals surface area contributed by atoms with Gasteiger partial charge < -0.3 is 5.32 Å². The molecule has 1 atom stereocenters. The first kappa shape index (κ1) is 14.8. The summed E-state index contributed by atoms with van der Waals surface area (Å²) in [4.78, 5) is 12.3. The Balaban J connectivity index is 2.03. The van der Waals surface area contributed by atoms with Gasteiger partial charge in [-0.1, -0.05) is 60.7 Å². The van der Waals surface area contributed by atoms with Crippen LogP contribution in [-0.2, 0) is 11.3 Å². The Hall–Kier alpha value is -2.64. The van der Waals surface area contributed by atoms with E-state index in [9.17, 15) is 4.79 Å². The highest BCUT2D eigenvalue weighted by Crippen LogP contribution is 2.12. The van der Waals surface area contributed by atoms with Crippen LogP contribution in [0.5, 0.6) is 0 Å². The molecule has 0 aliphatic rings. The minimum atomic E-state index is -0.519. The molecule has 4 nitrogen and oxygen atoms in total. The van der Waals surface area contributed by atoms with Crippen LogP contribution in [0.15, 0.2) is 60.7 Å². The van der Waals surface area contributed by atoms with Gasteiger partial charge in [-0.15, -0.1) is 0 Å². The SMILES string of the molecule is N#CCNC(C(=O)NCc1ccccc1)c1ccccc1. The van der Waals surface area contributed by atoms with E-state index in [-0.39, 0.29) is 12.5 Å². The van der Waals surface area contributed by atoms with Gasteiger partial charge in [-0.3, -0.25) is 10.1 Å². The summed E-state index contributed by atoms with van der Waals surface area (Å²) in [6, 6.07) is 20.6. The van der Waals surface area contributed by atoms with E-state index < -0.39 is 6.04 Å². The second-order valence-corrected chi connectivity index (χ2v) is 4.59. The lowest BCUT2D eigenvalue weighted by Gasteiger charge is -2.17. The summed E-state index contributed by atoms with van der Waals surface area (Å²) in [5.74, 6) is -0.139. The van der Waals surface area contributed by atoms with Crippen LogP contribution in [0.2, 0.25) is 0 Å². The zero-order valence-corrected chi connectivity index (χ0v) is 11.6. The van der Waals surface area contributed by atoms with E-state index in [0.29, 0.717) is 6.54 Å². The Bertz CT molecular complexity index is 605. The Morgan fingerprint density at radius 3 is 2.29 bits per heavy atom. The van der Waals surface area contributed by atoms with Gasteiger partial charge in [0.1, 0.15) is 6.04 Å². The number of hydrogen-bond acceptors (Lipinski definition) is 3. The number of benzene rings is 2. The van der Waals surface area contributed by atoms with E-state index in [4.69, 9.17) is 5.26 Å².